The zero-order valence-electron chi connectivity index (χ0n) is 9.62. The zero-order valence-corrected chi connectivity index (χ0v) is 13.9. The quantitative estimate of drug-likeness (QED) is 0.466. The molecule has 4 N–H and O–H groups in total. The number of nitrogens with zero attached hydrogens (tertiary/aromatic N) is 2. The Morgan fingerprint density at radius 3 is 1.45 bits per heavy atom. The molecule has 0 amide bonds. The summed E-state index contributed by atoms with van der Waals surface area (Å²) in [6, 6.07) is 4.04. The van der Waals surface area contributed by atoms with Crippen LogP contribution in [0.1, 0.15) is 11.1 Å². The number of hydrogen-bond donors (Lipinski definition) is 2. The molecule has 0 saturated heterocycles. The van der Waals surface area contributed by atoms with E-state index in [-0.39, 0.29) is 22.9 Å². The van der Waals surface area contributed by atoms with Gasteiger partial charge in [-0.15, -0.1) is 0 Å². The standard InChI is InChI=1S/C12H4I2N4O2/c13-7-5-3(1-15)11(17)19-9(5)8(14)6-4(2-16)12(18)20-10(6)7/h17-18H2. The van der Waals surface area contributed by atoms with Crippen LogP contribution in [0.2, 0.25) is 0 Å². The Balaban J connectivity index is 2.69. The molecule has 3 aromatic rings. The molecule has 2 heterocycles. The third kappa shape index (κ3) is 1.52. The molecule has 0 aliphatic rings. The van der Waals surface area contributed by atoms with Gasteiger partial charge in [-0.1, -0.05) is 0 Å². The molecule has 0 fully saturated rings. The van der Waals surface area contributed by atoms with E-state index in [2.05, 4.69) is 0 Å². The highest BCUT2D eigenvalue weighted by molar-refractivity contribution is 14.1. The summed E-state index contributed by atoms with van der Waals surface area (Å²) in [6.07, 6.45) is 0. The molecule has 0 atom stereocenters. The number of nitriles is 2. The van der Waals surface area contributed by atoms with Gasteiger partial charge in [0.05, 0.1) is 17.9 Å². The van der Waals surface area contributed by atoms with Crippen LogP contribution in [-0.2, 0) is 0 Å². The van der Waals surface area contributed by atoms with Crippen LogP contribution in [-0.4, -0.2) is 0 Å². The summed E-state index contributed by atoms with van der Waals surface area (Å²) in [5.74, 6) is 0.106. The van der Waals surface area contributed by atoms with E-state index in [4.69, 9.17) is 20.3 Å². The summed E-state index contributed by atoms with van der Waals surface area (Å²) in [7, 11) is 0. The Morgan fingerprint density at radius 2 is 1.15 bits per heavy atom. The average Bonchev–Trinajstić information content (AvgIpc) is 2.93. The van der Waals surface area contributed by atoms with Gasteiger partial charge >= 0.3 is 0 Å². The molecule has 0 radical (unpaired) electrons. The number of benzene rings is 1. The van der Waals surface area contributed by atoms with Gasteiger partial charge in [-0.05, 0) is 45.2 Å². The highest BCUT2D eigenvalue weighted by Crippen LogP contribution is 2.43. The smallest absolute Gasteiger partial charge is 0.209 e. The van der Waals surface area contributed by atoms with E-state index in [0.29, 0.717) is 29.1 Å². The third-order valence-electron chi connectivity index (χ3n) is 2.93. The fraction of sp³-hybridized carbons (Fsp3) is 0. The largest absolute Gasteiger partial charge is 0.438 e. The molecule has 20 heavy (non-hydrogen) atoms. The molecule has 2 aromatic heterocycles. The minimum atomic E-state index is 0.0532. The highest BCUT2D eigenvalue weighted by atomic mass is 127. The maximum absolute atomic E-state index is 9.20. The van der Waals surface area contributed by atoms with E-state index in [1.165, 1.54) is 0 Å². The highest BCUT2D eigenvalue weighted by Gasteiger charge is 2.26. The van der Waals surface area contributed by atoms with Crippen molar-refractivity contribution in [3.8, 4) is 12.1 Å². The lowest BCUT2D eigenvalue weighted by atomic mass is 10.1. The van der Waals surface area contributed by atoms with Gasteiger partial charge in [0, 0.05) is 0 Å². The van der Waals surface area contributed by atoms with E-state index < -0.39 is 0 Å². The summed E-state index contributed by atoms with van der Waals surface area (Å²) in [4.78, 5) is 0. The van der Waals surface area contributed by atoms with Crippen LogP contribution >= 0.6 is 45.2 Å². The number of hydrogen-bond acceptors (Lipinski definition) is 6. The van der Waals surface area contributed by atoms with Gasteiger partial charge in [-0.3, -0.25) is 0 Å². The molecule has 0 aliphatic heterocycles. The van der Waals surface area contributed by atoms with Crippen LogP contribution in [0.15, 0.2) is 8.83 Å². The Hall–Kier alpha value is -1.66. The second-order valence-corrected chi connectivity index (χ2v) is 6.10. The van der Waals surface area contributed by atoms with Gasteiger partial charge in [0.15, 0.2) is 11.2 Å². The molecule has 3 rings (SSSR count). The number of nitrogen functional groups attached to an aromatic ring is 2. The zero-order chi connectivity index (χ0) is 14.6. The maximum Gasteiger partial charge on any atom is 0.209 e. The first kappa shape index (κ1) is 13.3. The Bertz CT molecular complexity index is 892. The van der Waals surface area contributed by atoms with Gasteiger partial charge in [-0.2, -0.15) is 10.5 Å². The Morgan fingerprint density at radius 1 is 0.800 bits per heavy atom. The summed E-state index contributed by atoms with van der Waals surface area (Å²) in [6.45, 7) is 0. The van der Waals surface area contributed by atoms with E-state index in [9.17, 15) is 10.5 Å². The molecule has 0 aliphatic carbocycles. The topological polar surface area (TPSA) is 126 Å². The van der Waals surface area contributed by atoms with Crippen LogP contribution < -0.4 is 11.5 Å². The molecular weight excluding hydrogens is 486 g/mol. The van der Waals surface area contributed by atoms with Gasteiger partial charge in [0.25, 0.3) is 0 Å². The second kappa shape index (κ2) is 4.43. The minimum absolute atomic E-state index is 0.0532. The van der Waals surface area contributed by atoms with Crippen molar-refractivity contribution in [2.45, 2.75) is 0 Å². The van der Waals surface area contributed by atoms with Crippen molar-refractivity contribution in [2.24, 2.45) is 0 Å². The van der Waals surface area contributed by atoms with Gasteiger partial charge in [0.1, 0.15) is 23.3 Å². The molecular formula is C12H4I2N4O2. The SMILES string of the molecule is N#Cc1c(N)oc2c(I)c3c(C#N)c(N)oc3c(I)c12. The summed E-state index contributed by atoms with van der Waals surface area (Å²) < 4.78 is 12.2. The van der Waals surface area contributed by atoms with Crippen LogP contribution in [0.25, 0.3) is 21.9 Å². The fourth-order valence-corrected chi connectivity index (χ4v) is 3.86. The van der Waals surface area contributed by atoms with E-state index in [0.717, 1.165) is 0 Å². The first-order valence-corrected chi connectivity index (χ1v) is 7.38. The van der Waals surface area contributed by atoms with Gasteiger partial charge in [0.2, 0.25) is 11.8 Å². The monoisotopic (exact) mass is 490 g/mol. The number of fused-ring (bicyclic) bond motifs is 2. The van der Waals surface area contributed by atoms with Crippen molar-refractivity contribution >= 4 is 78.9 Å². The van der Waals surface area contributed by atoms with E-state index >= 15 is 0 Å². The first-order valence-electron chi connectivity index (χ1n) is 5.22. The lowest BCUT2D eigenvalue weighted by Crippen LogP contribution is -1.87. The number of rotatable bonds is 0. The van der Waals surface area contributed by atoms with Crippen molar-refractivity contribution in [3.05, 3.63) is 18.3 Å². The normalized spacial score (nSPS) is 10.8. The summed E-state index contributed by atoms with van der Waals surface area (Å²) >= 11 is 4.07. The molecule has 98 valence electrons. The molecule has 1 aromatic carbocycles. The number of furan rings is 2. The van der Waals surface area contributed by atoms with Gasteiger partial charge in [-0.25, -0.2) is 0 Å². The number of nitrogens with two attached hydrogens (primary N) is 2. The van der Waals surface area contributed by atoms with Crippen molar-refractivity contribution in [3.63, 3.8) is 0 Å². The van der Waals surface area contributed by atoms with Crippen molar-refractivity contribution in [1.29, 1.82) is 10.5 Å². The van der Waals surface area contributed by atoms with Crippen molar-refractivity contribution < 1.29 is 8.83 Å². The van der Waals surface area contributed by atoms with Crippen LogP contribution in [0.3, 0.4) is 0 Å². The Kier molecular flexibility index (Phi) is 2.95. The molecule has 8 heteroatoms. The first-order chi connectivity index (χ1) is 9.51. The molecule has 0 bridgehead atoms. The third-order valence-corrected chi connectivity index (χ3v) is 4.99. The molecule has 0 spiro atoms. The maximum atomic E-state index is 9.20. The Labute approximate surface area is 139 Å². The summed E-state index contributed by atoms with van der Waals surface area (Å²) in [5, 5.41) is 19.6. The molecule has 6 nitrogen and oxygen atoms in total. The molecule has 0 saturated carbocycles. The predicted molar refractivity (Wildman–Crippen MR) is 89.7 cm³/mol. The number of anilines is 2. The van der Waals surface area contributed by atoms with Gasteiger partial charge < -0.3 is 20.3 Å². The predicted octanol–water partition coefficient (Wildman–Crippen LogP) is 3.30. The lowest BCUT2D eigenvalue weighted by molar-refractivity contribution is 0.629. The van der Waals surface area contributed by atoms with Crippen LogP contribution in [0.5, 0.6) is 0 Å². The second-order valence-electron chi connectivity index (χ2n) is 3.94. The van der Waals surface area contributed by atoms with Crippen molar-refractivity contribution in [2.75, 3.05) is 11.5 Å². The number of halogens is 2. The fourth-order valence-electron chi connectivity index (χ4n) is 2.07. The van der Waals surface area contributed by atoms with Crippen molar-refractivity contribution in [1.82, 2.24) is 0 Å². The summed E-state index contributed by atoms with van der Waals surface area (Å²) in [5.41, 5.74) is 12.9. The van der Waals surface area contributed by atoms with E-state index in [1.807, 2.05) is 57.3 Å². The average molecular weight is 490 g/mol. The lowest BCUT2D eigenvalue weighted by Gasteiger charge is -1.99. The van der Waals surface area contributed by atoms with Crippen LogP contribution in [0.4, 0.5) is 11.8 Å². The minimum Gasteiger partial charge on any atom is -0.438 e. The van der Waals surface area contributed by atoms with E-state index in [1.54, 1.807) is 0 Å². The molecule has 0 unspecified atom stereocenters. The van der Waals surface area contributed by atoms with Crippen LogP contribution in [0, 0.1) is 29.8 Å².